The van der Waals surface area contributed by atoms with E-state index in [0.717, 1.165) is 23.5 Å². The van der Waals surface area contributed by atoms with Gasteiger partial charge in [-0.2, -0.15) is 0 Å². The zero-order chi connectivity index (χ0) is 16.8. The molecule has 0 aliphatic carbocycles. The van der Waals surface area contributed by atoms with E-state index in [9.17, 15) is 17.2 Å². The molecule has 1 heterocycles. The smallest absolute Gasteiger partial charge is 0.262 e. The maximum absolute atomic E-state index is 13.6. The van der Waals surface area contributed by atoms with Gasteiger partial charge in [-0.05, 0) is 37.3 Å². The number of hydrogen-bond donors (Lipinski definition) is 1. The normalized spacial score (nSPS) is 11.8. The largest absolute Gasteiger partial charge is 0.331 e. The summed E-state index contributed by atoms with van der Waals surface area (Å²) in [5, 5.41) is 0. The van der Waals surface area contributed by atoms with Crippen LogP contribution in [0.3, 0.4) is 0 Å². The lowest BCUT2D eigenvalue weighted by atomic mass is 10.3. The van der Waals surface area contributed by atoms with Crippen LogP contribution >= 0.6 is 0 Å². The van der Waals surface area contributed by atoms with Gasteiger partial charge in [0.25, 0.3) is 10.0 Å². The molecule has 1 aromatic heterocycles. The Balaban J connectivity index is 2.02. The number of nitrogens with zero attached hydrogens (tertiary/aromatic N) is 2. The Bertz CT molecular complexity index is 1010. The first-order chi connectivity index (χ1) is 10.8. The molecule has 0 saturated heterocycles. The highest BCUT2D eigenvalue weighted by atomic mass is 32.2. The molecule has 0 aliphatic heterocycles. The second-order valence-corrected chi connectivity index (χ2v) is 6.78. The lowest BCUT2D eigenvalue weighted by molar-refractivity contribution is 0.583. The molecule has 120 valence electrons. The summed E-state index contributed by atoms with van der Waals surface area (Å²) in [5.41, 5.74) is 0.991. The zero-order valence-corrected chi connectivity index (χ0v) is 13.2. The minimum atomic E-state index is -4.01. The van der Waals surface area contributed by atoms with Crippen LogP contribution in [0.25, 0.3) is 11.0 Å². The molecule has 23 heavy (non-hydrogen) atoms. The predicted molar refractivity (Wildman–Crippen MR) is 82.6 cm³/mol. The number of hydrogen-bond acceptors (Lipinski definition) is 3. The summed E-state index contributed by atoms with van der Waals surface area (Å²) >= 11 is 0. The number of benzene rings is 2. The summed E-state index contributed by atoms with van der Waals surface area (Å²) < 4.78 is 55.2. The van der Waals surface area contributed by atoms with E-state index in [1.54, 1.807) is 13.0 Å². The molecular formula is C15H13F2N3O2S. The van der Waals surface area contributed by atoms with Crippen LogP contribution in [-0.2, 0) is 17.1 Å². The Kier molecular flexibility index (Phi) is 3.56. The first-order valence-electron chi connectivity index (χ1n) is 6.69. The summed E-state index contributed by atoms with van der Waals surface area (Å²) in [6, 6.07) is 7.07. The van der Waals surface area contributed by atoms with E-state index in [0.29, 0.717) is 11.6 Å². The molecule has 0 fully saturated rings. The van der Waals surface area contributed by atoms with E-state index >= 15 is 0 Å². The van der Waals surface area contributed by atoms with Crippen molar-refractivity contribution in [2.75, 3.05) is 4.72 Å². The number of halogens is 2. The van der Waals surface area contributed by atoms with Gasteiger partial charge in [0.05, 0.1) is 21.6 Å². The SMILES string of the molecule is Cc1nc2cc(S(=O)(=O)Nc3ccc(F)cc3F)ccc2n1C. The Morgan fingerprint density at radius 1 is 1.13 bits per heavy atom. The monoisotopic (exact) mass is 337 g/mol. The Labute approximate surface area is 131 Å². The molecule has 0 spiro atoms. The molecule has 0 saturated carbocycles. The van der Waals surface area contributed by atoms with Crippen molar-refractivity contribution < 1.29 is 17.2 Å². The number of aryl methyl sites for hydroxylation is 2. The van der Waals surface area contributed by atoms with Crippen molar-refractivity contribution in [3.8, 4) is 0 Å². The Morgan fingerprint density at radius 3 is 2.57 bits per heavy atom. The number of fused-ring (bicyclic) bond motifs is 1. The van der Waals surface area contributed by atoms with Crippen molar-refractivity contribution >= 4 is 26.7 Å². The fraction of sp³-hybridized carbons (Fsp3) is 0.133. The van der Waals surface area contributed by atoms with Crippen molar-refractivity contribution in [3.05, 3.63) is 53.9 Å². The van der Waals surface area contributed by atoms with E-state index in [4.69, 9.17) is 0 Å². The topological polar surface area (TPSA) is 64.0 Å². The van der Waals surface area contributed by atoms with Crippen LogP contribution in [0, 0.1) is 18.6 Å². The lowest BCUT2D eigenvalue weighted by Gasteiger charge is -2.09. The Hall–Kier alpha value is -2.48. The van der Waals surface area contributed by atoms with Gasteiger partial charge in [0.1, 0.15) is 17.5 Å². The molecule has 1 N–H and O–H groups in total. The van der Waals surface area contributed by atoms with Gasteiger partial charge < -0.3 is 4.57 Å². The molecular weight excluding hydrogens is 324 g/mol. The number of sulfonamides is 1. The molecule has 0 unspecified atom stereocenters. The van der Waals surface area contributed by atoms with Gasteiger partial charge in [-0.3, -0.25) is 4.72 Å². The van der Waals surface area contributed by atoms with E-state index in [1.165, 1.54) is 12.1 Å². The molecule has 0 radical (unpaired) electrons. The van der Waals surface area contributed by atoms with Crippen LogP contribution in [0.4, 0.5) is 14.5 Å². The third-order valence-electron chi connectivity index (χ3n) is 3.56. The van der Waals surface area contributed by atoms with Gasteiger partial charge in [0.2, 0.25) is 0 Å². The summed E-state index contributed by atoms with van der Waals surface area (Å²) in [6.07, 6.45) is 0. The molecule has 0 amide bonds. The molecule has 0 aliphatic rings. The van der Waals surface area contributed by atoms with Gasteiger partial charge in [0, 0.05) is 13.1 Å². The van der Waals surface area contributed by atoms with E-state index in [-0.39, 0.29) is 10.6 Å². The van der Waals surface area contributed by atoms with Gasteiger partial charge in [-0.1, -0.05) is 0 Å². The average Bonchev–Trinajstić information content (AvgIpc) is 2.77. The molecule has 3 rings (SSSR count). The molecule has 8 heteroatoms. The van der Waals surface area contributed by atoms with Gasteiger partial charge in [-0.25, -0.2) is 22.2 Å². The second-order valence-electron chi connectivity index (χ2n) is 5.10. The van der Waals surface area contributed by atoms with Crippen LogP contribution < -0.4 is 4.72 Å². The third-order valence-corrected chi connectivity index (χ3v) is 4.92. The van der Waals surface area contributed by atoms with Crippen molar-refractivity contribution in [1.82, 2.24) is 9.55 Å². The quantitative estimate of drug-likeness (QED) is 0.799. The minimum absolute atomic E-state index is 0.0492. The zero-order valence-electron chi connectivity index (χ0n) is 12.3. The fourth-order valence-electron chi connectivity index (χ4n) is 2.24. The second kappa shape index (κ2) is 5.31. The summed E-state index contributed by atoms with van der Waals surface area (Å²) in [7, 11) is -2.18. The summed E-state index contributed by atoms with van der Waals surface area (Å²) in [5.74, 6) is -1.02. The molecule has 2 aromatic carbocycles. The van der Waals surface area contributed by atoms with E-state index in [2.05, 4.69) is 9.71 Å². The number of aromatic nitrogens is 2. The van der Waals surface area contributed by atoms with Gasteiger partial charge in [0.15, 0.2) is 0 Å². The van der Waals surface area contributed by atoms with Crippen LogP contribution in [-0.4, -0.2) is 18.0 Å². The highest BCUT2D eigenvalue weighted by molar-refractivity contribution is 7.92. The van der Waals surface area contributed by atoms with Crippen LogP contribution in [0.1, 0.15) is 5.82 Å². The third kappa shape index (κ3) is 2.77. The molecule has 0 atom stereocenters. The molecule has 0 bridgehead atoms. The van der Waals surface area contributed by atoms with Gasteiger partial charge in [-0.15, -0.1) is 0 Å². The number of nitrogens with one attached hydrogen (secondary N) is 1. The van der Waals surface area contributed by atoms with Crippen molar-refractivity contribution in [3.63, 3.8) is 0 Å². The van der Waals surface area contributed by atoms with Crippen LogP contribution in [0.5, 0.6) is 0 Å². The lowest BCUT2D eigenvalue weighted by Crippen LogP contribution is -2.14. The minimum Gasteiger partial charge on any atom is -0.331 e. The van der Waals surface area contributed by atoms with Gasteiger partial charge >= 0.3 is 0 Å². The highest BCUT2D eigenvalue weighted by Gasteiger charge is 2.18. The average molecular weight is 337 g/mol. The summed E-state index contributed by atoms with van der Waals surface area (Å²) in [4.78, 5) is 4.22. The number of anilines is 1. The maximum Gasteiger partial charge on any atom is 0.262 e. The summed E-state index contributed by atoms with van der Waals surface area (Å²) in [6.45, 7) is 1.81. The first-order valence-corrected chi connectivity index (χ1v) is 8.17. The first kappa shape index (κ1) is 15.4. The van der Waals surface area contributed by atoms with Crippen LogP contribution in [0.2, 0.25) is 0 Å². The Morgan fingerprint density at radius 2 is 1.87 bits per heavy atom. The number of rotatable bonds is 3. The van der Waals surface area contributed by atoms with Crippen LogP contribution in [0.15, 0.2) is 41.3 Å². The van der Waals surface area contributed by atoms with Crippen molar-refractivity contribution in [2.24, 2.45) is 7.05 Å². The molecule has 5 nitrogen and oxygen atoms in total. The van der Waals surface area contributed by atoms with Crippen molar-refractivity contribution in [2.45, 2.75) is 11.8 Å². The van der Waals surface area contributed by atoms with E-state index < -0.39 is 21.7 Å². The fourth-order valence-corrected chi connectivity index (χ4v) is 3.33. The maximum atomic E-state index is 13.6. The highest BCUT2D eigenvalue weighted by Crippen LogP contribution is 2.23. The standard InChI is InChI=1S/C15H13F2N3O2S/c1-9-18-14-8-11(4-6-15(14)20(9)2)23(21,22)19-13-5-3-10(16)7-12(13)17/h3-8,19H,1-2H3. The molecule has 3 aromatic rings. The van der Waals surface area contributed by atoms with E-state index in [1.807, 2.05) is 11.6 Å². The predicted octanol–water partition coefficient (Wildman–Crippen LogP) is 2.96. The van der Waals surface area contributed by atoms with Crippen molar-refractivity contribution in [1.29, 1.82) is 0 Å². The number of imidazole rings is 1.